The van der Waals surface area contributed by atoms with Gasteiger partial charge in [-0.3, -0.25) is 0 Å². The molecule has 1 heterocycles. The molecule has 0 aliphatic carbocycles. The van der Waals surface area contributed by atoms with Crippen LogP contribution in [0.25, 0.3) is 0 Å². The van der Waals surface area contributed by atoms with Gasteiger partial charge in [-0.25, -0.2) is 17.9 Å². The zero-order chi connectivity index (χ0) is 15.3. The van der Waals surface area contributed by atoms with Gasteiger partial charge in [-0.15, -0.1) is 0 Å². The minimum Gasteiger partial charge on any atom is -0.475 e. The van der Waals surface area contributed by atoms with Gasteiger partial charge in [0.25, 0.3) is 0 Å². The van der Waals surface area contributed by atoms with Gasteiger partial charge in [0.1, 0.15) is 10.7 Å². The molecular formula is C11H17NO7S. The SMILES string of the molecule is COCC(CNS(=O)(=O)c1cc(C(=O)O)oc1C)OC. The Morgan fingerprint density at radius 1 is 1.50 bits per heavy atom. The van der Waals surface area contributed by atoms with Gasteiger partial charge in [-0.05, 0) is 6.92 Å². The Kier molecular flexibility index (Phi) is 5.69. The van der Waals surface area contributed by atoms with Gasteiger partial charge in [0.05, 0.1) is 12.7 Å². The molecule has 20 heavy (non-hydrogen) atoms. The predicted octanol–water partition coefficient (Wildman–Crippen LogP) is 0.226. The molecule has 1 aromatic rings. The lowest BCUT2D eigenvalue weighted by atomic mass is 10.4. The van der Waals surface area contributed by atoms with Gasteiger partial charge < -0.3 is 19.0 Å². The molecule has 0 fully saturated rings. The zero-order valence-electron chi connectivity index (χ0n) is 11.4. The second kappa shape index (κ2) is 6.84. The van der Waals surface area contributed by atoms with Crippen LogP contribution in [0.4, 0.5) is 0 Å². The van der Waals surface area contributed by atoms with Gasteiger partial charge in [-0.1, -0.05) is 0 Å². The minimum absolute atomic E-state index is 0.000300. The van der Waals surface area contributed by atoms with Crippen LogP contribution in [0.3, 0.4) is 0 Å². The summed E-state index contributed by atoms with van der Waals surface area (Å²) in [6, 6.07) is 0.970. The molecule has 1 aromatic heterocycles. The highest BCUT2D eigenvalue weighted by Gasteiger charge is 2.24. The van der Waals surface area contributed by atoms with Crippen LogP contribution in [0.1, 0.15) is 16.3 Å². The summed E-state index contributed by atoms with van der Waals surface area (Å²) in [7, 11) is -0.963. The smallest absolute Gasteiger partial charge is 0.371 e. The molecule has 0 aliphatic rings. The standard InChI is InChI=1S/C11H17NO7S/c1-7-10(4-9(19-7)11(13)14)20(15,16)12-5-8(18-3)6-17-2/h4,8,12H,5-6H2,1-3H3,(H,13,14). The van der Waals surface area contributed by atoms with E-state index < -0.39 is 27.9 Å². The van der Waals surface area contributed by atoms with Crippen molar-refractivity contribution in [3.05, 3.63) is 17.6 Å². The number of aromatic carboxylic acids is 1. The first kappa shape index (κ1) is 16.6. The van der Waals surface area contributed by atoms with E-state index in [4.69, 9.17) is 19.0 Å². The molecular weight excluding hydrogens is 290 g/mol. The van der Waals surface area contributed by atoms with Gasteiger partial charge in [0.15, 0.2) is 0 Å². The Balaban J connectivity index is 2.86. The van der Waals surface area contributed by atoms with E-state index in [-0.39, 0.29) is 23.8 Å². The molecule has 0 amide bonds. The number of ether oxygens (including phenoxy) is 2. The maximum atomic E-state index is 12.1. The van der Waals surface area contributed by atoms with Gasteiger partial charge in [0.2, 0.25) is 15.8 Å². The van der Waals surface area contributed by atoms with Crippen LogP contribution in [0, 0.1) is 6.92 Å². The highest BCUT2D eigenvalue weighted by molar-refractivity contribution is 7.89. The lowest BCUT2D eigenvalue weighted by molar-refractivity contribution is 0.0320. The van der Waals surface area contributed by atoms with E-state index >= 15 is 0 Å². The van der Waals surface area contributed by atoms with Crippen LogP contribution in [0.5, 0.6) is 0 Å². The lowest BCUT2D eigenvalue weighted by Crippen LogP contribution is -2.35. The lowest BCUT2D eigenvalue weighted by Gasteiger charge is -2.14. The van der Waals surface area contributed by atoms with Crippen LogP contribution in [0.2, 0.25) is 0 Å². The van der Waals surface area contributed by atoms with Crippen molar-refractivity contribution >= 4 is 16.0 Å². The number of hydrogen-bond donors (Lipinski definition) is 2. The highest BCUT2D eigenvalue weighted by Crippen LogP contribution is 2.19. The summed E-state index contributed by atoms with van der Waals surface area (Å²) in [4.78, 5) is 10.5. The molecule has 0 bridgehead atoms. The fraction of sp³-hybridized carbons (Fsp3) is 0.545. The number of hydrogen-bond acceptors (Lipinski definition) is 6. The van der Waals surface area contributed by atoms with E-state index in [1.54, 1.807) is 0 Å². The molecule has 1 atom stereocenters. The third-order valence-corrected chi connectivity index (χ3v) is 4.09. The van der Waals surface area contributed by atoms with Crippen molar-refractivity contribution in [2.45, 2.75) is 17.9 Å². The Labute approximate surface area is 116 Å². The Morgan fingerprint density at radius 3 is 2.60 bits per heavy atom. The summed E-state index contributed by atoms with van der Waals surface area (Å²) < 4.78 is 41.2. The topological polar surface area (TPSA) is 115 Å². The number of carboxylic acids is 1. The number of nitrogens with one attached hydrogen (secondary N) is 1. The number of carbonyl (C=O) groups is 1. The largest absolute Gasteiger partial charge is 0.475 e. The Morgan fingerprint density at radius 2 is 2.15 bits per heavy atom. The van der Waals surface area contributed by atoms with Gasteiger partial charge >= 0.3 is 5.97 Å². The normalized spacial score (nSPS) is 13.3. The number of sulfonamides is 1. The molecule has 9 heteroatoms. The molecule has 0 aliphatic heterocycles. The molecule has 0 aromatic carbocycles. The fourth-order valence-electron chi connectivity index (χ4n) is 1.51. The maximum absolute atomic E-state index is 12.1. The molecule has 0 saturated heterocycles. The first-order chi connectivity index (χ1) is 9.31. The number of rotatable bonds is 8. The van der Waals surface area contributed by atoms with E-state index in [2.05, 4.69) is 4.72 Å². The number of methoxy groups -OCH3 is 2. The monoisotopic (exact) mass is 307 g/mol. The van der Waals surface area contributed by atoms with Gasteiger partial charge in [-0.2, -0.15) is 0 Å². The average molecular weight is 307 g/mol. The summed E-state index contributed by atoms with van der Waals surface area (Å²) in [6.07, 6.45) is -0.444. The Hall–Kier alpha value is -1.42. The molecule has 0 spiro atoms. The molecule has 0 radical (unpaired) electrons. The maximum Gasteiger partial charge on any atom is 0.371 e. The first-order valence-electron chi connectivity index (χ1n) is 5.67. The van der Waals surface area contributed by atoms with E-state index in [0.29, 0.717) is 0 Å². The van der Waals surface area contributed by atoms with Crippen LogP contribution in [-0.2, 0) is 19.5 Å². The summed E-state index contributed by atoms with van der Waals surface area (Å²) in [5.41, 5.74) is 0. The third kappa shape index (κ3) is 4.04. The molecule has 114 valence electrons. The van der Waals surface area contributed by atoms with Crippen LogP contribution >= 0.6 is 0 Å². The summed E-state index contributed by atoms with van der Waals surface area (Å²) >= 11 is 0. The van der Waals surface area contributed by atoms with Crippen molar-refractivity contribution in [3.8, 4) is 0 Å². The highest BCUT2D eigenvalue weighted by atomic mass is 32.2. The molecule has 1 unspecified atom stereocenters. The van der Waals surface area contributed by atoms with E-state index in [0.717, 1.165) is 6.07 Å². The van der Waals surface area contributed by atoms with Crippen molar-refractivity contribution in [3.63, 3.8) is 0 Å². The molecule has 1 rings (SSSR count). The summed E-state index contributed by atoms with van der Waals surface area (Å²) in [6.45, 7) is 1.60. The van der Waals surface area contributed by atoms with Crippen molar-refractivity contribution in [2.75, 3.05) is 27.4 Å². The number of carboxylic acid groups (broad SMARTS) is 1. The van der Waals surface area contributed by atoms with Crippen molar-refractivity contribution in [1.29, 1.82) is 0 Å². The van der Waals surface area contributed by atoms with Crippen LogP contribution in [0.15, 0.2) is 15.4 Å². The first-order valence-corrected chi connectivity index (χ1v) is 7.15. The van der Waals surface area contributed by atoms with Crippen molar-refractivity contribution in [1.82, 2.24) is 4.72 Å². The van der Waals surface area contributed by atoms with Crippen LogP contribution in [-0.4, -0.2) is 53.0 Å². The van der Waals surface area contributed by atoms with Gasteiger partial charge in [0, 0.05) is 26.8 Å². The fourth-order valence-corrected chi connectivity index (χ4v) is 2.76. The second-order valence-corrected chi connectivity index (χ2v) is 5.74. The number of aryl methyl sites for hydroxylation is 1. The predicted molar refractivity (Wildman–Crippen MR) is 68.3 cm³/mol. The zero-order valence-corrected chi connectivity index (χ0v) is 12.2. The molecule has 8 nitrogen and oxygen atoms in total. The molecule has 0 saturated carbocycles. The van der Waals surface area contributed by atoms with Crippen molar-refractivity contribution in [2.24, 2.45) is 0 Å². The van der Waals surface area contributed by atoms with E-state index in [9.17, 15) is 13.2 Å². The average Bonchev–Trinajstić information content (AvgIpc) is 2.77. The minimum atomic E-state index is -3.87. The summed E-state index contributed by atoms with van der Waals surface area (Å²) in [5.74, 6) is -1.75. The number of furan rings is 1. The van der Waals surface area contributed by atoms with E-state index in [1.165, 1.54) is 21.1 Å². The quantitative estimate of drug-likeness (QED) is 0.706. The summed E-state index contributed by atoms with van der Waals surface area (Å²) in [5, 5.41) is 8.77. The van der Waals surface area contributed by atoms with E-state index in [1.807, 2.05) is 0 Å². The van der Waals surface area contributed by atoms with Crippen molar-refractivity contribution < 1.29 is 32.2 Å². The van der Waals surface area contributed by atoms with Crippen LogP contribution < -0.4 is 4.72 Å². The second-order valence-electron chi connectivity index (χ2n) is 4.00. The molecule has 2 N–H and O–H groups in total. The Bertz CT molecular complexity index is 563. The third-order valence-electron chi connectivity index (χ3n) is 2.56.